The van der Waals surface area contributed by atoms with Crippen LogP contribution in [0.1, 0.15) is 48.8 Å². The van der Waals surface area contributed by atoms with Crippen molar-refractivity contribution in [2.24, 2.45) is 0 Å². The first-order valence-electron chi connectivity index (χ1n) is 11.5. The Morgan fingerprint density at radius 1 is 1.18 bits per heavy atom. The van der Waals surface area contributed by atoms with Gasteiger partial charge >= 0.3 is 0 Å². The molecule has 2 N–H and O–H groups in total. The zero-order valence-corrected chi connectivity index (χ0v) is 19.1. The summed E-state index contributed by atoms with van der Waals surface area (Å²) in [7, 11) is 0. The molecule has 8 nitrogen and oxygen atoms in total. The van der Waals surface area contributed by atoms with Gasteiger partial charge in [0.25, 0.3) is 0 Å². The third-order valence-electron chi connectivity index (χ3n) is 6.95. The van der Waals surface area contributed by atoms with Gasteiger partial charge in [0.2, 0.25) is 5.91 Å². The lowest BCUT2D eigenvalue weighted by Crippen LogP contribution is -2.26. The van der Waals surface area contributed by atoms with Gasteiger partial charge in [0.1, 0.15) is 0 Å². The second kappa shape index (κ2) is 7.63. The Morgan fingerprint density at radius 3 is 2.82 bits per heavy atom. The summed E-state index contributed by atoms with van der Waals surface area (Å²) in [5.41, 5.74) is 4.19. The topological polar surface area (TPSA) is 95.7 Å². The number of aliphatic hydroxyl groups is 1. The van der Waals surface area contributed by atoms with Crippen LogP contribution in [-0.2, 0) is 16.6 Å². The van der Waals surface area contributed by atoms with Crippen LogP contribution in [0.4, 0.5) is 11.5 Å². The molecule has 0 saturated carbocycles. The van der Waals surface area contributed by atoms with Crippen LogP contribution in [0.15, 0.2) is 60.9 Å². The highest BCUT2D eigenvalue weighted by Crippen LogP contribution is 2.38. The number of β-amino-alcohol motifs (C(OH)–C–C–N with tert-alkyl or cyclic N) is 1. The Hall–Kier alpha value is -3.78. The van der Waals surface area contributed by atoms with Crippen LogP contribution in [0.2, 0.25) is 0 Å². The number of carbonyl (C=O) groups is 1. The van der Waals surface area contributed by atoms with Gasteiger partial charge in [-0.25, -0.2) is 14.5 Å². The lowest BCUT2D eigenvalue weighted by Gasteiger charge is -2.25. The Bertz CT molecular complexity index is 1400. The van der Waals surface area contributed by atoms with E-state index in [-0.39, 0.29) is 11.9 Å². The third kappa shape index (κ3) is 3.33. The fourth-order valence-electron chi connectivity index (χ4n) is 5.10. The molecule has 2 aromatic heterocycles. The highest BCUT2D eigenvalue weighted by atomic mass is 16.3. The fourth-order valence-corrected chi connectivity index (χ4v) is 5.10. The maximum absolute atomic E-state index is 12.3. The molecular formula is C26H26N6O2. The lowest BCUT2D eigenvalue weighted by atomic mass is 9.86. The minimum Gasteiger partial charge on any atom is -0.391 e. The van der Waals surface area contributed by atoms with Gasteiger partial charge in [-0.15, -0.1) is 0 Å². The van der Waals surface area contributed by atoms with E-state index in [9.17, 15) is 9.90 Å². The minimum absolute atomic E-state index is 0.0157. The first-order valence-corrected chi connectivity index (χ1v) is 11.5. The second-order valence-corrected chi connectivity index (χ2v) is 9.65. The summed E-state index contributed by atoms with van der Waals surface area (Å²) in [6, 6.07) is 16.3. The smallest absolute Gasteiger partial charge is 0.234 e. The quantitative estimate of drug-likeness (QED) is 0.492. The van der Waals surface area contributed by atoms with E-state index in [4.69, 9.17) is 4.98 Å². The van der Waals surface area contributed by atoms with E-state index in [0.717, 1.165) is 28.2 Å². The molecule has 2 atom stereocenters. The Labute approximate surface area is 197 Å². The van der Waals surface area contributed by atoms with Crippen LogP contribution in [0, 0.1) is 0 Å². The predicted octanol–water partition coefficient (Wildman–Crippen LogP) is 3.26. The number of nitrogens with zero attached hydrogens (tertiary/aromatic N) is 5. The first kappa shape index (κ1) is 20.8. The van der Waals surface area contributed by atoms with Crippen molar-refractivity contribution < 1.29 is 9.90 Å². The van der Waals surface area contributed by atoms with E-state index in [1.165, 1.54) is 0 Å². The molecule has 1 fully saturated rings. The fraction of sp³-hybridized carbons (Fsp3) is 0.308. The van der Waals surface area contributed by atoms with E-state index in [1.54, 1.807) is 16.9 Å². The molecule has 1 amide bonds. The number of aliphatic hydroxyl groups excluding tert-OH is 1. The summed E-state index contributed by atoms with van der Waals surface area (Å²) in [6.07, 6.45) is 4.27. The molecule has 172 valence electrons. The van der Waals surface area contributed by atoms with E-state index >= 15 is 0 Å². The molecule has 0 radical (unpaired) electrons. The predicted molar refractivity (Wildman–Crippen MR) is 129 cm³/mol. The van der Waals surface area contributed by atoms with Gasteiger partial charge in [0.15, 0.2) is 17.3 Å². The Balaban J connectivity index is 1.33. The van der Waals surface area contributed by atoms with Gasteiger partial charge < -0.3 is 15.3 Å². The molecule has 0 bridgehead atoms. The number of fused-ring (bicyclic) bond motifs is 2. The summed E-state index contributed by atoms with van der Waals surface area (Å²) in [5, 5.41) is 18.1. The molecule has 0 unspecified atom stereocenters. The van der Waals surface area contributed by atoms with Crippen LogP contribution in [0.25, 0.3) is 5.65 Å². The highest BCUT2D eigenvalue weighted by Gasteiger charge is 2.38. The van der Waals surface area contributed by atoms with Crippen LogP contribution in [0.5, 0.6) is 0 Å². The molecule has 2 aromatic carbocycles. The van der Waals surface area contributed by atoms with Crippen molar-refractivity contribution in [2.45, 2.75) is 44.2 Å². The number of rotatable bonds is 4. The van der Waals surface area contributed by atoms with Crippen molar-refractivity contribution in [1.29, 1.82) is 0 Å². The molecule has 8 heteroatoms. The van der Waals surface area contributed by atoms with Crippen LogP contribution >= 0.6 is 0 Å². The average molecular weight is 455 g/mol. The largest absolute Gasteiger partial charge is 0.391 e. The minimum atomic E-state index is -0.522. The standard InChI is InChI=1S/C26H26N6O2/c1-26(2)19-9-8-16(12-20(19)28-25(26)34)13-22-29-24-23(27-10-11-32(24)30-22)31-15-18(33)14-21(31)17-6-4-3-5-7-17/h3-12,18,21,33H,13-15H2,1-2H3,(H,28,34)/t18-,21+/m1/s1. The number of hydrogen-bond acceptors (Lipinski definition) is 6. The van der Waals surface area contributed by atoms with E-state index in [0.29, 0.717) is 30.9 Å². The van der Waals surface area contributed by atoms with Crippen molar-refractivity contribution in [3.05, 3.63) is 83.4 Å². The van der Waals surface area contributed by atoms with Crippen molar-refractivity contribution in [2.75, 3.05) is 16.8 Å². The normalized spacial score (nSPS) is 21.1. The number of benzene rings is 2. The Morgan fingerprint density at radius 2 is 2.00 bits per heavy atom. The molecule has 2 aliphatic heterocycles. The maximum Gasteiger partial charge on any atom is 0.234 e. The summed E-state index contributed by atoms with van der Waals surface area (Å²) < 4.78 is 1.75. The van der Waals surface area contributed by atoms with Crippen molar-refractivity contribution in [3.8, 4) is 0 Å². The zero-order chi connectivity index (χ0) is 23.4. The van der Waals surface area contributed by atoms with Gasteiger partial charge in [-0.3, -0.25) is 4.79 Å². The number of anilines is 2. The summed E-state index contributed by atoms with van der Waals surface area (Å²) in [4.78, 5) is 23.9. The van der Waals surface area contributed by atoms with Gasteiger partial charge in [-0.1, -0.05) is 42.5 Å². The van der Waals surface area contributed by atoms with Crippen molar-refractivity contribution in [1.82, 2.24) is 19.6 Å². The summed E-state index contributed by atoms with van der Waals surface area (Å²) in [6.45, 7) is 4.36. The average Bonchev–Trinajstić information content (AvgIpc) is 3.47. The molecule has 1 saturated heterocycles. The number of aromatic nitrogens is 4. The van der Waals surface area contributed by atoms with Gasteiger partial charge in [-0.2, -0.15) is 5.10 Å². The van der Waals surface area contributed by atoms with E-state index in [1.807, 2.05) is 50.2 Å². The molecule has 0 spiro atoms. The third-order valence-corrected chi connectivity index (χ3v) is 6.95. The molecule has 2 aliphatic rings. The lowest BCUT2D eigenvalue weighted by molar-refractivity contribution is -0.119. The van der Waals surface area contributed by atoms with E-state index < -0.39 is 11.5 Å². The maximum atomic E-state index is 12.3. The molecule has 4 aromatic rings. The highest BCUT2D eigenvalue weighted by molar-refractivity contribution is 6.05. The number of hydrogen-bond donors (Lipinski definition) is 2. The first-order chi connectivity index (χ1) is 16.4. The number of carbonyl (C=O) groups excluding carboxylic acids is 1. The molecule has 6 rings (SSSR count). The zero-order valence-electron chi connectivity index (χ0n) is 19.1. The van der Waals surface area contributed by atoms with Crippen LogP contribution in [-0.4, -0.2) is 43.2 Å². The number of amides is 1. The Kier molecular flexibility index (Phi) is 4.67. The number of nitrogens with one attached hydrogen (secondary N) is 1. The summed E-state index contributed by atoms with van der Waals surface area (Å²) in [5.74, 6) is 1.41. The van der Waals surface area contributed by atoms with Crippen LogP contribution < -0.4 is 10.2 Å². The SMILES string of the molecule is CC1(C)C(=O)Nc2cc(Cc3nc4c(N5C[C@H](O)C[C@H]5c5ccccc5)nccn4n3)ccc21. The van der Waals surface area contributed by atoms with Crippen molar-refractivity contribution in [3.63, 3.8) is 0 Å². The molecule has 0 aliphatic carbocycles. The van der Waals surface area contributed by atoms with Gasteiger partial charge in [0.05, 0.1) is 17.6 Å². The molecule has 34 heavy (non-hydrogen) atoms. The van der Waals surface area contributed by atoms with Crippen LogP contribution in [0.3, 0.4) is 0 Å². The van der Waals surface area contributed by atoms with Gasteiger partial charge in [0, 0.05) is 31.0 Å². The van der Waals surface area contributed by atoms with E-state index in [2.05, 4.69) is 32.4 Å². The molecule has 4 heterocycles. The molecular weight excluding hydrogens is 428 g/mol. The van der Waals surface area contributed by atoms with Crippen molar-refractivity contribution >= 4 is 23.1 Å². The van der Waals surface area contributed by atoms with Gasteiger partial charge in [-0.05, 0) is 43.0 Å². The summed E-state index contributed by atoms with van der Waals surface area (Å²) >= 11 is 0. The monoisotopic (exact) mass is 454 g/mol. The second-order valence-electron chi connectivity index (χ2n) is 9.65.